The van der Waals surface area contributed by atoms with E-state index in [1.165, 1.54) is 17.0 Å². The number of aromatic carboxylic acids is 1. The number of hydrogen-bond donors (Lipinski definition) is 1. The molecule has 6 heteroatoms. The van der Waals surface area contributed by atoms with Crippen LogP contribution in [-0.2, 0) is 6.54 Å². The zero-order valence-electron chi connectivity index (χ0n) is 11.2. The van der Waals surface area contributed by atoms with E-state index < -0.39 is 5.97 Å². The normalized spacial score (nSPS) is 10.9. The summed E-state index contributed by atoms with van der Waals surface area (Å²) in [6, 6.07) is 8.51. The second-order valence-electron chi connectivity index (χ2n) is 4.69. The van der Waals surface area contributed by atoms with Crippen LogP contribution in [0.4, 0.5) is 0 Å². The number of carboxylic acid groups (broad SMARTS) is 1. The number of aromatic nitrogens is 2. The molecule has 0 aliphatic rings. The summed E-state index contributed by atoms with van der Waals surface area (Å²) < 4.78 is 6.58. The minimum absolute atomic E-state index is 0.135. The summed E-state index contributed by atoms with van der Waals surface area (Å²) in [4.78, 5) is 27.5. The van der Waals surface area contributed by atoms with E-state index in [0.717, 1.165) is 0 Å². The highest BCUT2D eigenvalue weighted by Crippen LogP contribution is 2.16. The minimum atomic E-state index is -1.13. The second kappa shape index (κ2) is 4.90. The Bertz CT molecular complexity index is 892. The van der Waals surface area contributed by atoms with Gasteiger partial charge >= 0.3 is 5.97 Å². The number of benzene rings is 1. The van der Waals surface area contributed by atoms with Gasteiger partial charge in [-0.1, -0.05) is 12.1 Å². The van der Waals surface area contributed by atoms with Crippen LogP contribution in [0.1, 0.15) is 21.9 Å². The summed E-state index contributed by atoms with van der Waals surface area (Å²) in [5, 5.41) is 9.44. The Morgan fingerprint density at radius 2 is 2.14 bits per heavy atom. The lowest BCUT2D eigenvalue weighted by Gasteiger charge is -2.05. The average Bonchev–Trinajstić information content (AvgIpc) is 2.84. The van der Waals surface area contributed by atoms with E-state index in [2.05, 4.69) is 4.98 Å². The molecule has 6 nitrogen and oxygen atoms in total. The molecule has 0 saturated carbocycles. The fourth-order valence-corrected chi connectivity index (χ4v) is 2.18. The van der Waals surface area contributed by atoms with Gasteiger partial charge < -0.3 is 9.52 Å². The number of aryl methyl sites for hydroxylation is 1. The highest BCUT2D eigenvalue weighted by atomic mass is 16.4. The molecule has 3 rings (SSSR count). The van der Waals surface area contributed by atoms with E-state index in [0.29, 0.717) is 22.2 Å². The molecule has 0 radical (unpaired) electrons. The largest absolute Gasteiger partial charge is 0.475 e. The fraction of sp³-hybridized carbons (Fsp3) is 0.133. The van der Waals surface area contributed by atoms with Gasteiger partial charge in [0, 0.05) is 5.56 Å². The summed E-state index contributed by atoms with van der Waals surface area (Å²) in [5.74, 6) is -0.787. The van der Waals surface area contributed by atoms with Crippen molar-refractivity contribution in [3.05, 3.63) is 64.1 Å². The highest BCUT2D eigenvalue weighted by molar-refractivity contribution is 5.84. The number of nitrogens with zero attached hydrogens (tertiary/aromatic N) is 2. The van der Waals surface area contributed by atoms with E-state index >= 15 is 0 Å². The first kappa shape index (κ1) is 13.1. The predicted molar refractivity (Wildman–Crippen MR) is 75.5 cm³/mol. The van der Waals surface area contributed by atoms with Gasteiger partial charge in [0.05, 0.1) is 23.8 Å². The molecular formula is C15H12N2O4. The summed E-state index contributed by atoms with van der Waals surface area (Å²) in [5.41, 5.74) is 1.11. The van der Waals surface area contributed by atoms with Crippen LogP contribution in [0.2, 0.25) is 0 Å². The lowest BCUT2D eigenvalue weighted by atomic mass is 10.2. The van der Waals surface area contributed by atoms with Crippen LogP contribution in [-0.4, -0.2) is 20.6 Å². The predicted octanol–water partition coefficient (Wildman–Crippen LogP) is 2.04. The van der Waals surface area contributed by atoms with Gasteiger partial charge in [-0.15, -0.1) is 0 Å². The van der Waals surface area contributed by atoms with Crippen LogP contribution in [0.25, 0.3) is 10.9 Å². The van der Waals surface area contributed by atoms with Gasteiger partial charge in [0.2, 0.25) is 5.76 Å². The number of rotatable bonds is 3. The van der Waals surface area contributed by atoms with E-state index in [1.54, 1.807) is 25.1 Å². The summed E-state index contributed by atoms with van der Waals surface area (Å²) in [6.07, 6.45) is 1.46. The first-order chi connectivity index (χ1) is 10.1. The maximum atomic E-state index is 12.4. The van der Waals surface area contributed by atoms with E-state index in [1.807, 2.05) is 6.07 Å². The van der Waals surface area contributed by atoms with Crippen molar-refractivity contribution < 1.29 is 14.3 Å². The molecule has 2 aromatic heterocycles. The lowest BCUT2D eigenvalue weighted by molar-refractivity contribution is 0.0661. The van der Waals surface area contributed by atoms with Crippen molar-refractivity contribution in [3.8, 4) is 0 Å². The second-order valence-corrected chi connectivity index (χ2v) is 4.69. The average molecular weight is 284 g/mol. The lowest BCUT2D eigenvalue weighted by Crippen LogP contribution is -2.21. The molecule has 1 aromatic carbocycles. The maximum Gasteiger partial charge on any atom is 0.371 e. The van der Waals surface area contributed by atoms with Gasteiger partial charge in [0.25, 0.3) is 5.56 Å². The summed E-state index contributed by atoms with van der Waals surface area (Å²) in [7, 11) is 0. The minimum Gasteiger partial charge on any atom is -0.475 e. The van der Waals surface area contributed by atoms with Crippen LogP contribution >= 0.6 is 0 Å². The van der Waals surface area contributed by atoms with Crippen LogP contribution in [0.5, 0.6) is 0 Å². The maximum absolute atomic E-state index is 12.4. The number of fused-ring (bicyclic) bond motifs is 1. The first-order valence-electron chi connectivity index (χ1n) is 6.33. The summed E-state index contributed by atoms with van der Waals surface area (Å²) >= 11 is 0. The van der Waals surface area contributed by atoms with Crippen molar-refractivity contribution in [1.82, 2.24) is 9.55 Å². The van der Waals surface area contributed by atoms with Crippen molar-refractivity contribution in [2.45, 2.75) is 13.5 Å². The van der Waals surface area contributed by atoms with Gasteiger partial charge in [-0.2, -0.15) is 0 Å². The number of furan rings is 1. The molecule has 0 spiro atoms. The number of para-hydroxylation sites is 1. The van der Waals surface area contributed by atoms with Gasteiger partial charge in [-0.25, -0.2) is 9.78 Å². The zero-order valence-corrected chi connectivity index (χ0v) is 11.2. The van der Waals surface area contributed by atoms with Gasteiger partial charge in [-0.05, 0) is 25.1 Å². The number of carboxylic acids is 1. The third-order valence-electron chi connectivity index (χ3n) is 3.30. The zero-order chi connectivity index (χ0) is 15.0. The molecule has 0 fully saturated rings. The van der Waals surface area contributed by atoms with Gasteiger partial charge in [-0.3, -0.25) is 9.36 Å². The van der Waals surface area contributed by atoms with Crippen molar-refractivity contribution in [2.24, 2.45) is 0 Å². The highest BCUT2D eigenvalue weighted by Gasteiger charge is 2.14. The fourth-order valence-electron chi connectivity index (χ4n) is 2.18. The van der Waals surface area contributed by atoms with E-state index in [4.69, 9.17) is 9.52 Å². The smallest absolute Gasteiger partial charge is 0.371 e. The molecule has 0 aliphatic carbocycles. The molecule has 106 valence electrons. The van der Waals surface area contributed by atoms with E-state index in [-0.39, 0.29) is 17.9 Å². The molecular weight excluding hydrogens is 272 g/mol. The Labute approximate surface area is 119 Å². The molecule has 1 N–H and O–H groups in total. The van der Waals surface area contributed by atoms with Crippen LogP contribution in [0.15, 0.2) is 45.9 Å². The molecule has 0 amide bonds. The van der Waals surface area contributed by atoms with Crippen LogP contribution < -0.4 is 5.56 Å². The SMILES string of the molecule is Cc1oc(C(=O)O)cc1Cn1cnc2ccccc2c1=O. The molecule has 0 aliphatic heterocycles. The number of carbonyl (C=O) groups is 1. The third-order valence-corrected chi connectivity index (χ3v) is 3.30. The van der Waals surface area contributed by atoms with Crippen molar-refractivity contribution in [2.75, 3.05) is 0 Å². The van der Waals surface area contributed by atoms with Crippen LogP contribution in [0.3, 0.4) is 0 Å². The Hall–Kier alpha value is -2.89. The van der Waals surface area contributed by atoms with Gasteiger partial charge in [0.1, 0.15) is 5.76 Å². The standard InChI is InChI=1S/C15H12N2O4/c1-9-10(6-13(21-9)15(19)20)7-17-8-16-12-5-3-2-4-11(12)14(17)18/h2-6,8H,7H2,1H3,(H,19,20). The Morgan fingerprint density at radius 3 is 2.86 bits per heavy atom. The molecule has 21 heavy (non-hydrogen) atoms. The monoisotopic (exact) mass is 284 g/mol. The molecule has 2 heterocycles. The van der Waals surface area contributed by atoms with Crippen LogP contribution in [0, 0.1) is 6.92 Å². The van der Waals surface area contributed by atoms with Crippen molar-refractivity contribution in [1.29, 1.82) is 0 Å². The third kappa shape index (κ3) is 2.31. The molecule has 0 atom stereocenters. The topological polar surface area (TPSA) is 85.3 Å². The summed E-state index contributed by atoms with van der Waals surface area (Å²) in [6.45, 7) is 1.89. The van der Waals surface area contributed by atoms with E-state index in [9.17, 15) is 9.59 Å². The Morgan fingerprint density at radius 1 is 1.38 bits per heavy atom. The molecule has 0 unspecified atom stereocenters. The molecule has 3 aromatic rings. The first-order valence-corrected chi connectivity index (χ1v) is 6.33. The van der Waals surface area contributed by atoms with Gasteiger partial charge in [0.15, 0.2) is 0 Å². The van der Waals surface area contributed by atoms with Crippen molar-refractivity contribution >= 4 is 16.9 Å². The molecule has 0 saturated heterocycles. The quantitative estimate of drug-likeness (QED) is 0.795. The number of hydrogen-bond acceptors (Lipinski definition) is 4. The molecule has 0 bridgehead atoms. The van der Waals surface area contributed by atoms with Crippen molar-refractivity contribution in [3.63, 3.8) is 0 Å². The Kier molecular flexibility index (Phi) is 3.06. The Balaban J connectivity index is 2.04.